The molecule has 0 bridgehead atoms. The van der Waals surface area contributed by atoms with E-state index in [0.717, 1.165) is 25.7 Å². The number of ether oxygens (including phenoxy) is 2. The molecule has 0 spiro atoms. The Morgan fingerprint density at radius 3 is 1.23 bits per heavy atom. The summed E-state index contributed by atoms with van der Waals surface area (Å²) < 4.78 is 49.1. The van der Waals surface area contributed by atoms with Gasteiger partial charge in [-0.3, -0.25) is 4.79 Å². The van der Waals surface area contributed by atoms with Gasteiger partial charge < -0.3 is 36.9 Å². The number of carbonyl (C=O) groups excluding carboxylic acids is 1. The molecule has 1 saturated heterocycles. The van der Waals surface area contributed by atoms with E-state index in [0.29, 0.717) is 13.0 Å². The van der Waals surface area contributed by atoms with Crippen molar-refractivity contribution in [3.8, 4) is 0 Å². The standard InChI is InChI=1S/C61H129NO8Si5/c1-18-20-22-24-26-28-30-32-33-34-35-36-37-39-41-43-45-47-49-51-57(63)62-54(55(67-72(6,7)8)50-48-46-44-42-40-38-31-29-27-25-23-21-19-2)52-64-61-60(70-75(15,16)17)59(69-74(12,13)14)58(68-73(9,10)11)56(66-61)53-65-71(3,4)5/h48,50,54-56,58-61H,18-47,49,51-53H2,1-17H3,(H,62,63). The summed E-state index contributed by atoms with van der Waals surface area (Å²) in [5, 5.41) is 3.48. The average molecular weight is 1150 g/mol. The Kier molecular flexibility index (Phi) is 40.0. The summed E-state index contributed by atoms with van der Waals surface area (Å²) in [5.74, 6) is 0.0583. The molecular weight excluding hydrogens is 1020 g/mol. The Morgan fingerprint density at radius 2 is 0.840 bits per heavy atom. The lowest BCUT2D eigenvalue weighted by molar-refractivity contribution is -0.292. The fraction of sp³-hybridized carbons (Fsp3) is 0.951. The second-order valence-corrected chi connectivity index (χ2v) is 50.0. The first-order chi connectivity index (χ1) is 35.2. The second kappa shape index (κ2) is 41.1. The van der Waals surface area contributed by atoms with Crippen molar-refractivity contribution in [3.05, 3.63) is 12.2 Å². The maximum atomic E-state index is 14.1. The van der Waals surface area contributed by atoms with Crippen molar-refractivity contribution in [2.45, 2.75) is 360 Å². The van der Waals surface area contributed by atoms with Gasteiger partial charge in [-0.2, -0.15) is 0 Å². The van der Waals surface area contributed by atoms with E-state index in [2.05, 4.69) is 130 Å². The summed E-state index contributed by atoms with van der Waals surface area (Å²) in [7, 11) is -10.4. The van der Waals surface area contributed by atoms with E-state index in [4.69, 9.17) is 31.6 Å². The van der Waals surface area contributed by atoms with Crippen LogP contribution in [0.25, 0.3) is 0 Å². The van der Waals surface area contributed by atoms with Gasteiger partial charge in [0.25, 0.3) is 0 Å². The number of amides is 1. The molecule has 14 heteroatoms. The molecule has 446 valence electrons. The van der Waals surface area contributed by atoms with Crippen LogP contribution in [-0.4, -0.2) is 104 Å². The minimum absolute atomic E-state index is 0.0583. The minimum Gasteiger partial charge on any atom is -0.415 e. The van der Waals surface area contributed by atoms with Crippen LogP contribution in [0.2, 0.25) is 98.2 Å². The van der Waals surface area contributed by atoms with Crippen LogP contribution in [0.15, 0.2) is 12.2 Å². The molecule has 9 nitrogen and oxygen atoms in total. The molecule has 1 N–H and O–H groups in total. The van der Waals surface area contributed by atoms with Crippen molar-refractivity contribution in [2.75, 3.05) is 13.2 Å². The fourth-order valence-corrected chi connectivity index (χ4v) is 15.0. The molecular formula is C61H129NO8Si5. The predicted molar refractivity (Wildman–Crippen MR) is 337 cm³/mol. The van der Waals surface area contributed by atoms with Crippen LogP contribution in [0.5, 0.6) is 0 Å². The molecule has 0 aromatic heterocycles. The molecule has 0 aromatic carbocycles. The highest BCUT2D eigenvalue weighted by molar-refractivity contribution is 6.71. The van der Waals surface area contributed by atoms with Gasteiger partial charge in [0.2, 0.25) is 5.91 Å². The molecule has 1 aliphatic heterocycles. The summed E-state index contributed by atoms with van der Waals surface area (Å²) in [6, 6.07) is -0.418. The first kappa shape index (κ1) is 73.0. The van der Waals surface area contributed by atoms with E-state index in [9.17, 15) is 4.79 Å². The topological polar surface area (TPSA) is 93.7 Å². The van der Waals surface area contributed by atoms with Gasteiger partial charge in [0, 0.05) is 6.42 Å². The van der Waals surface area contributed by atoms with Crippen molar-refractivity contribution >= 4 is 47.5 Å². The van der Waals surface area contributed by atoms with E-state index in [-0.39, 0.29) is 24.7 Å². The molecule has 7 atom stereocenters. The Morgan fingerprint density at radius 1 is 0.467 bits per heavy atom. The number of hydrogen-bond acceptors (Lipinski definition) is 8. The number of nitrogens with one attached hydrogen (secondary N) is 1. The third kappa shape index (κ3) is 42.5. The van der Waals surface area contributed by atoms with Crippen molar-refractivity contribution in [2.24, 2.45) is 0 Å². The maximum absolute atomic E-state index is 14.1. The maximum Gasteiger partial charge on any atom is 0.220 e. The molecule has 0 aliphatic carbocycles. The summed E-state index contributed by atoms with van der Waals surface area (Å²) in [4.78, 5) is 14.1. The van der Waals surface area contributed by atoms with Gasteiger partial charge in [-0.05, 0) is 117 Å². The summed E-state index contributed by atoms with van der Waals surface area (Å²) >= 11 is 0. The highest BCUT2D eigenvalue weighted by Crippen LogP contribution is 2.35. The Balaban J connectivity index is 3.17. The van der Waals surface area contributed by atoms with Crippen molar-refractivity contribution in [1.82, 2.24) is 5.32 Å². The number of rotatable bonds is 49. The SMILES string of the molecule is CCCCCCCCCCCCCC=CC(O[Si](C)(C)C)C(COC1OC(CO[Si](C)(C)C)C(O[Si](C)(C)C)C(O[Si](C)(C)C)C1O[Si](C)(C)C)NC(=O)CCCCCCCCCCCCCCCCCCCCC. The molecule has 1 rings (SSSR count). The van der Waals surface area contributed by atoms with Crippen LogP contribution in [0.3, 0.4) is 0 Å². The number of carbonyl (C=O) groups is 1. The van der Waals surface area contributed by atoms with E-state index in [1.807, 2.05) is 0 Å². The Bertz CT molecular complexity index is 1410. The zero-order valence-corrected chi connectivity index (χ0v) is 58.0. The first-order valence-electron chi connectivity index (χ1n) is 31.8. The van der Waals surface area contributed by atoms with E-state index in [1.165, 1.54) is 173 Å². The van der Waals surface area contributed by atoms with Crippen molar-refractivity contribution in [3.63, 3.8) is 0 Å². The third-order valence-corrected chi connectivity index (χ3v) is 18.7. The van der Waals surface area contributed by atoms with Crippen molar-refractivity contribution in [1.29, 1.82) is 0 Å². The average Bonchev–Trinajstić information content (AvgIpc) is 3.28. The quantitative estimate of drug-likeness (QED) is 0.0366. The summed E-state index contributed by atoms with van der Waals surface area (Å²) in [5.41, 5.74) is 0. The Labute approximate surface area is 472 Å². The molecule has 0 saturated carbocycles. The van der Waals surface area contributed by atoms with Crippen LogP contribution in [0, 0.1) is 0 Å². The van der Waals surface area contributed by atoms with Gasteiger partial charge in [0.15, 0.2) is 47.9 Å². The smallest absolute Gasteiger partial charge is 0.220 e. The van der Waals surface area contributed by atoms with Crippen LogP contribution in [0.1, 0.15) is 219 Å². The van der Waals surface area contributed by atoms with Gasteiger partial charge in [-0.15, -0.1) is 0 Å². The zero-order valence-electron chi connectivity index (χ0n) is 53.0. The van der Waals surface area contributed by atoms with Gasteiger partial charge in [-0.25, -0.2) is 0 Å². The number of unbranched alkanes of at least 4 members (excludes halogenated alkanes) is 29. The van der Waals surface area contributed by atoms with Crippen LogP contribution >= 0.6 is 0 Å². The second-order valence-electron chi connectivity index (χ2n) is 27.6. The summed E-state index contributed by atoms with van der Waals surface area (Å²) in [6.07, 6.45) is 43.1. The van der Waals surface area contributed by atoms with E-state index >= 15 is 0 Å². The van der Waals surface area contributed by atoms with Crippen LogP contribution in [-0.2, 0) is 36.4 Å². The number of hydrogen-bond donors (Lipinski definition) is 1. The lowest BCUT2D eigenvalue weighted by Gasteiger charge is -2.51. The van der Waals surface area contributed by atoms with Crippen LogP contribution < -0.4 is 5.32 Å². The normalized spacial score (nSPS) is 20.0. The molecule has 0 aromatic rings. The largest absolute Gasteiger partial charge is 0.415 e. The predicted octanol–water partition coefficient (Wildman–Crippen LogP) is 19.0. The van der Waals surface area contributed by atoms with E-state index < -0.39 is 72.2 Å². The highest BCUT2D eigenvalue weighted by atomic mass is 28.4. The molecule has 1 aliphatic rings. The summed E-state index contributed by atoms with van der Waals surface area (Å²) in [6.45, 7) is 38.5. The fourth-order valence-electron chi connectivity index (χ4n) is 9.99. The van der Waals surface area contributed by atoms with E-state index in [1.54, 1.807) is 0 Å². The van der Waals surface area contributed by atoms with Gasteiger partial charge in [0.1, 0.15) is 24.4 Å². The number of allylic oxidation sites excluding steroid dienone is 1. The minimum atomic E-state index is -2.18. The molecule has 1 amide bonds. The van der Waals surface area contributed by atoms with Gasteiger partial charge >= 0.3 is 0 Å². The molecule has 75 heavy (non-hydrogen) atoms. The monoisotopic (exact) mass is 1140 g/mol. The molecule has 1 fully saturated rings. The first-order valence-corrected chi connectivity index (χ1v) is 48.9. The molecule has 7 unspecified atom stereocenters. The third-order valence-electron chi connectivity index (χ3n) is 13.7. The van der Waals surface area contributed by atoms with Gasteiger partial charge in [0.05, 0.1) is 25.4 Å². The van der Waals surface area contributed by atoms with Crippen LogP contribution in [0.4, 0.5) is 0 Å². The lowest BCUT2D eigenvalue weighted by Crippen LogP contribution is -2.66. The zero-order chi connectivity index (χ0) is 56.2. The molecule has 0 radical (unpaired) electrons. The highest BCUT2D eigenvalue weighted by Gasteiger charge is 2.52. The molecule has 1 heterocycles. The van der Waals surface area contributed by atoms with Gasteiger partial charge in [-0.1, -0.05) is 206 Å². The van der Waals surface area contributed by atoms with Crippen molar-refractivity contribution < 1.29 is 36.4 Å². The Hall–Kier alpha value is 0.0144. The lowest BCUT2D eigenvalue weighted by atomic mass is 9.99.